The number of fused-ring (bicyclic) bond motifs is 2. The Balaban J connectivity index is 1.61. The third-order valence-electron chi connectivity index (χ3n) is 4.22. The number of rotatable bonds is 3. The third-order valence-corrected chi connectivity index (χ3v) is 4.22. The van der Waals surface area contributed by atoms with Gasteiger partial charge in [-0.2, -0.15) is 0 Å². The van der Waals surface area contributed by atoms with E-state index in [1.165, 1.54) is 6.33 Å². The summed E-state index contributed by atoms with van der Waals surface area (Å²) in [5.74, 6) is 0.938. The van der Waals surface area contributed by atoms with Crippen LogP contribution >= 0.6 is 0 Å². The van der Waals surface area contributed by atoms with Gasteiger partial charge in [0.05, 0.1) is 0 Å². The third kappa shape index (κ3) is 2.21. The fraction of sp³-hybridized carbons (Fsp3) is 0.0526. The minimum absolute atomic E-state index is 0.159. The number of carbonyl (C=O) groups excluding carboxylic acids is 1. The predicted octanol–water partition coefficient (Wildman–Crippen LogP) is 2.78. The average Bonchev–Trinajstić information content (AvgIpc) is 3.34. The molecule has 0 amide bonds. The van der Waals surface area contributed by atoms with Crippen molar-refractivity contribution in [3.63, 3.8) is 0 Å². The van der Waals surface area contributed by atoms with Crippen molar-refractivity contribution in [1.82, 2.24) is 19.5 Å². The molecule has 1 aliphatic heterocycles. The van der Waals surface area contributed by atoms with E-state index in [1.54, 1.807) is 24.5 Å². The molecule has 0 fully saturated rings. The highest BCUT2D eigenvalue weighted by molar-refractivity contribution is 6.13. The van der Waals surface area contributed by atoms with Crippen LogP contribution in [0.15, 0.2) is 61.2 Å². The van der Waals surface area contributed by atoms with Crippen LogP contribution in [-0.2, 0) is 0 Å². The van der Waals surface area contributed by atoms with E-state index in [2.05, 4.69) is 15.0 Å². The van der Waals surface area contributed by atoms with Crippen LogP contribution in [0, 0.1) is 0 Å². The number of hydrogen-bond donors (Lipinski definition) is 0. The summed E-state index contributed by atoms with van der Waals surface area (Å²) in [5, 5.41) is 0. The highest BCUT2D eigenvalue weighted by Gasteiger charge is 2.21. The van der Waals surface area contributed by atoms with Gasteiger partial charge in [0.2, 0.25) is 12.6 Å². The molecule has 0 bridgehead atoms. The Bertz CT molecular complexity index is 1140. The van der Waals surface area contributed by atoms with E-state index in [0.717, 1.165) is 5.69 Å². The Kier molecular flexibility index (Phi) is 3.18. The zero-order valence-corrected chi connectivity index (χ0v) is 13.5. The molecule has 0 N–H and O–H groups in total. The van der Waals surface area contributed by atoms with Crippen molar-refractivity contribution >= 4 is 16.9 Å². The lowest BCUT2D eigenvalue weighted by molar-refractivity contribution is 0.103. The predicted molar refractivity (Wildman–Crippen MR) is 92.7 cm³/mol. The van der Waals surface area contributed by atoms with Crippen molar-refractivity contribution in [1.29, 1.82) is 0 Å². The summed E-state index contributed by atoms with van der Waals surface area (Å²) < 4.78 is 12.5. The van der Waals surface area contributed by atoms with Crippen LogP contribution in [0.3, 0.4) is 0 Å². The Hall–Kier alpha value is -3.74. The zero-order chi connectivity index (χ0) is 17.5. The zero-order valence-electron chi connectivity index (χ0n) is 13.5. The van der Waals surface area contributed by atoms with Gasteiger partial charge in [-0.25, -0.2) is 15.0 Å². The maximum absolute atomic E-state index is 13.0. The molecule has 126 valence electrons. The van der Waals surface area contributed by atoms with Crippen LogP contribution < -0.4 is 9.47 Å². The number of aromatic nitrogens is 4. The molecule has 1 aliphatic rings. The second-order valence-corrected chi connectivity index (χ2v) is 5.74. The number of imidazole rings is 1. The maximum atomic E-state index is 13.0. The van der Waals surface area contributed by atoms with Gasteiger partial charge in [0.25, 0.3) is 0 Å². The number of carbonyl (C=O) groups is 1. The highest BCUT2D eigenvalue weighted by Crippen LogP contribution is 2.33. The molecular formula is C19H12N4O3. The molecule has 4 aromatic rings. The monoisotopic (exact) mass is 344 g/mol. The number of para-hydroxylation sites is 1. The first-order chi connectivity index (χ1) is 12.8. The van der Waals surface area contributed by atoms with Gasteiger partial charge >= 0.3 is 0 Å². The van der Waals surface area contributed by atoms with Crippen molar-refractivity contribution < 1.29 is 14.3 Å². The Morgan fingerprint density at radius 2 is 1.81 bits per heavy atom. The van der Waals surface area contributed by atoms with E-state index >= 15 is 0 Å². The molecule has 7 nitrogen and oxygen atoms in total. The molecule has 2 aromatic carbocycles. The van der Waals surface area contributed by atoms with Crippen LogP contribution in [0.5, 0.6) is 11.5 Å². The van der Waals surface area contributed by atoms with Gasteiger partial charge in [-0.05, 0) is 30.3 Å². The Morgan fingerprint density at radius 1 is 0.962 bits per heavy atom. The number of ether oxygens (including phenoxy) is 2. The van der Waals surface area contributed by atoms with E-state index in [4.69, 9.17) is 9.47 Å². The largest absolute Gasteiger partial charge is 0.454 e. The quantitative estimate of drug-likeness (QED) is 0.532. The average molecular weight is 344 g/mol. The van der Waals surface area contributed by atoms with E-state index in [9.17, 15) is 4.79 Å². The minimum atomic E-state index is -0.242. The normalized spacial score (nSPS) is 12.5. The van der Waals surface area contributed by atoms with Gasteiger partial charge < -0.3 is 9.47 Å². The van der Waals surface area contributed by atoms with E-state index in [0.29, 0.717) is 28.2 Å². The lowest BCUT2D eigenvalue weighted by Gasteiger charge is -2.05. The van der Waals surface area contributed by atoms with Crippen LogP contribution in [0.1, 0.15) is 16.1 Å². The van der Waals surface area contributed by atoms with Crippen molar-refractivity contribution in [3.8, 4) is 17.2 Å². The van der Waals surface area contributed by atoms with Gasteiger partial charge in [0, 0.05) is 11.3 Å². The van der Waals surface area contributed by atoms with Crippen LogP contribution in [0.25, 0.3) is 16.9 Å². The van der Waals surface area contributed by atoms with Gasteiger partial charge in [-0.1, -0.05) is 18.2 Å². The number of benzene rings is 2. The summed E-state index contributed by atoms with van der Waals surface area (Å²) >= 11 is 0. The molecule has 26 heavy (non-hydrogen) atoms. The number of hydrogen-bond acceptors (Lipinski definition) is 6. The Morgan fingerprint density at radius 3 is 2.69 bits per heavy atom. The number of nitrogens with zero attached hydrogens (tertiary/aromatic N) is 4. The van der Waals surface area contributed by atoms with Gasteiger partial charge in [-0.15, -0.1) is 0 Å². The molecule has 0 saturated carbocycles. The van der Waals surface area contributed by atoms with Crippen LogP contribution in [0.2, 0.25) is 0 Å². The fourth-order valence-corrected chi connectivity index (χ4v) is 2.95. The molecule has 0 spiro atoms. The highest BCUT2D eigenvalue weighted by atomic mass is 16.7. The first-order valence-corrected chi connectivity index (χ1v) is 7.99. The van der Waals surface area contributed by atoms with Crippen molar-refractivity contribution in [3.05, 3.63) is 72.4 Å². The van der Waals surface area contributed by atoms with Crippen LogP contribution in [0.4, 0.5) is 0 Å². The SMILES string of the molecule is O=C(c1ccc2c(c1)OCO2)c1ncnc2c1ncn2-c1ccccc1. The van der Waals surface area contributed by atoms with Crippen LogP contribution in [-0.4, -0.2) is 32.1 Å². The first-order valence-electron chi connectivity index (χ1n) is 7.99. The molecule has 3 heterocycles. The number of ketones is 1. The lowest BCUT2D eigenvalue weighted by Crippen LogP contribution is -2.06. The van der Waals surface area contributed by atoms with E-state index < -0.39 is 0 Å². The maximum Gasteiger partial charge on any atom is 0.231 e. The summed E-state index contributed by atoms with van der Waals surface area (Å²) in [6, 6.07) is 14.8. The molecule has 2 aromatic heterocycles. The summed E-state index contributed by atoms with van der Waals surface area (Å²) in [7, 11) is 0. The van der Waals surface area contributed by atoms with Crippen molar-refractivity contribution in [2.75, 3.05) is 6.79 Å². The van der Waals surface area contributed by atoms with Gasteiger partial charge in [-0.3, -0.25) is 9.36 Å². The lowest BCUT2D eigenvalue weighted by atomic mass is 10.1. The Labute approximate surface area is 147 Å². The second kappa shape index (κ2) is 5.66. The van der Waals surface area contributed by atoms with Crippen molar-refractivity contribution in [2.24, 2.45) is 0 Å². The van der Waals surface area contributed by atoms with Gasteiger partial charge in [0.1, 0.15) is 23.9 Å². The molecule has 0 unspecified atom stereocenters. The summed E-state index contributed by atoms with van der Waals surface area (Å²) in [6.45, 7) is 0.159. The summed E-state index contributed by atoms with van der Waals surface area (Å²) in [5.41, 5.74) is 2.66. The van der Waals surface area contributed by atoms with Crippen molar-refractivity contribution in [2.45, 2.75) is 0 Å². The first kappa shape index (κ1) is 14.6. The molecule has 0 saturated heterocycles. The summed E-state index contributed by atoms with van der Waals surface area (Å²) in [6.07, 6.45) is 3.02. The smallest absolute Gasteiger partial charge is 0.231 e. The molecule has 5 rings (SSSR count). The van der Waals surface area contributed by atoms with Gasteiger partial charge in [0.15, 0.2) is 17.1 Å². The summed E-state index contributed by atoms with van der Waals surface area (Å²) in [4.78, 5) is 25.8. The second-order valence-electron chi connectivity index (χ2n) is 5.74. The molecule has 7 heteroatoms. The molecular weight excluding hydrogens is 332 g/mol. The van der Waals surface area contributed by atoms with E-state index in [1.807, 2.05) is 34.9 Å². The standard InChI is InChI=1S/C19H12N4O3/c24-18(12-6-7-14-15(8-12)26-11-25-14)16-17-19(21-9-20-16)23(10-22-17)13-4-2-1-3-5-13/h1-10H,11H2. The molecule has 0 aliphatic carbocycles. The molecule has 0 radical (unpaired) electrons. The fourth-order valence-electron chi connectivity index (χ4n) is 2.95. The molecule has 0 atom stereocenters. The topological polar surface area (TPSA) is 79.1 Å². The van der Waals surface area contributed by atoms with E-state index in [-0.39, 0.29) is 18.3 Å². The minimum Gasteiger partial charge on any atom is -0.454 e.